The summed E-state index contributed by atoms with van der Waals surface area (Å²) in [6.07, 6.45) is 0. The van der Waals surface area contributed by atoms with Gasteiger partial charge in [0, 0.05) is 23.6 Å². The second-order valence-electron chi connectivity index (χ2n) is 4.23. The first kappa shape index (κ1) is 12.3. The van der Waals surface area contributed by atoms with Gasteiger partial charge in [-0.3, -0.25) is 4.90 Å². The molecule has 0 unspecified atom stereocenters. The molecule has 0 fully saturated rings. The Hall–Kier alpha value is -1.13. The van der Waals surface area contributed by atoms with Crippen molar-refractivity contribution in [3.8, 4) is 0 Å². The molecule has 0 radical (unpaired) electrons. The van der Waals surface area contributed by atoms with Gasteiger partial charge in [0.05, 0.1) is 5.69 Å². The molecule has 4 heteroatoms. The third-order valence-electron chi connectivity index (χ3n) is 2.47. The highest BCUT2D eigenvalue weighted by Gasteiger charge is 2.05. The number of halogens is 1. The zero-order valence-corrected chi connectivity index (χ0v) is 11.6. The smallest absolute Gasteiger partial charge is 0.133 e. The normalized spacial score (nSPS) is 11.1. The van der Waals surface area contributed by atoms with Crippen LogP contribution in [0.15, 0.2) is 39.3 Å². The molecule has 17 heavy (non-hydrogen) atoms. The lowest BCUT2D eigenvalue weighted by atomic mass is 10.2. The zero-order valence-electron chi connectivity index (χ0n) is 9.98. The third kappa shape index (κ3) is 3.68. The van der Waals surface area contributed by atoms with E-state index >= 15 is 0 Å². The molecule has 0 aliphatic heterocycles. The lowest BCUT2D eigenvalue weighted by Crippen LogP contribution is -2.17. The number of hydrogen-bond acceptors (Lipinski definition) is 3. The highest BCUT2D eigenvalue weighted by molar-refractivity contribution is 9.10. The summed E-state index contributed by atoms with van der Waals surface area (Å²) in [5.41, 5.74) is 2.26. The van der Waals surface area contributed by atoms with Crippen molar-refractivity contribution in [3.63, 3.8) is 0 Å². The van der Waals surface area contributed by atoms with Crippen molar-refractivity contribution in [1.82, 2.24) is 10.1 Å². The Morgan fingerprint density at radius 1 is 1.24 bits per heavy atom. The molecule has 2 rings (SSSR count). The molecule has 1 aromatic carbocycles. The van der Waals surface area contributed by atoms with Crippen molar-refractivity contribution >= 4 is 15.9 Å². The Morgan fingerprint density at radius 3 is 2.53 bits per heavy atom. The van der Waals surface area contributed by atoms with Crippen LogP contribution in [0.2, 0.25) is 0 Å². The third-order valence-corrected chi connectivity index (χ3v) is 3.00. The molecule has 0 aliphatic carbocycles. The maximum Gasteiger partial charge on any atom is 0.133 e. The first-order chi connectivity index (χ1) is 8.13. The number of hydrogen-bond donors (Lipinski definition) is 0. The van der Waals surface area contributed by atoms with E-state index in [-0.39, 0.29) is 0 Å². The van der Waals surface area contributed by atoms with Gasteiger partial charge in [0.2, 0.25) is 0 Å². The van der Waals surface area contributed by atoms with Gasteiger partial charge in [-0.05, 0) is 31.7 Å². The van der Waals surface area contributed by atoms with Gasteiger partial charge >= 0.3 is 0 Å². The van der Waals surface area contributed by atoms with E-state index < -0.39 is 0 Å². The Balaban J connectivity index is 1.93. The average molecular weight is 295 g/mol. The summed E-state index contributed by atoms with van der Waals surface area (Å²) in [7, 11) is 2.08. The van der Waals surface area contributed by atoms with Crippen molar-refractivity contribution < 1.29 is 4.52 Å². The van der Waals surface area contributed by atoms with E-state index in [4.69, 9.17) is 4.52 Å². The number of aryl methyl sites for hydroxylation is 1. The van der Waals surface area contributed by atoms with Crippen LogP contribution in [0.25, 0.3) is 0 Å². The first-order valence-electron chi connectivity index (χ1n) is 5.48. The van der Waals surface area contributed by atoms with Crippen LogP contribution in [0.1, 0.15) is 17.0 Å². The Labute approximate surface area is 110 Å². The molecule has 0 saturated heterocycles. The average Bonchev–Trinajstić information content (AvgIpc) is 2.67. The zero-order chi connectivity index (χ0) is 12.3. The summed E-state index contributed by atoms with van der Waals surface area (Å²) >= 11 is 3.43. The van der Waals surface area contributed by atoms with Crippen LogP contribution >= 0.6 is 15.9 Å². The van der Waals surface area contributed by atoms with Gasteiger partial charge in [-0.25, -0.2) is 0 Å². The molecule has 0 saturated carbocycles. The maximum atomic E-state index is 5.05. The van der Waals surface area contributed by atoms with Gasteiger partial charge in [-0.1, -0.05) is 33.2 Å². The van der Waals surface area contributed by atoms with Crippen LogP contribution in [-0.4, -0.2) is 17.1 Å². The quantitative estimate of drug-likeness (QED) is 0.866. The van der Waals surface area contributed by atoms with Crippen LogP contribution < -0.4 is 0 Å². The largest absolute Gasteiger partial charge is 0.361 e. The molecule has 0 aliphatic rings. The van der Waals surface area contributed by atoms with Crippen molar-refractivity contribution in [2.75, 3.05) is 7.05 Å². The van der Waals surface area contributed by atoms with Gasteiger partial charge in [0.15, 0.2) is 0 Å². The van der Waals surface area contributed by atoms with E-state index in [1.165, 1.54) is 5.56 Å². The van der Waals surface area contributed by atoms with Gasteiger partial charge in [-0.2, -0.15) is 0 Å². The van der Waals surface area contributed by atoms with Crippen LogP contribution in [0.3, 0.4) is 0 Å². The summed E-state index contributed by atoms with van der Waals surface area (Å²) in [5, 5.41) is 3.99. The molecule has 90 valence electrons. The monoisotopic (exact) mass is 294 g/mol. The second kappa shape index (κ2) is 5.47. The Bertz CT molecular complexity index is 478. The minimum atomic E-state index is 0.799. The van der Waals surface area contributed by atoms with E-state index in [1.54, 1.807) is 0 Å². The highest BCUT2D eigenvalue weighted by Crippen LogP contribution is 2.13. The highest BCUT2D eigenvalue weighted by atomic mass is 79.9. The summed E-state index contributed by atoms with van der Waals surface area (Å²) < 4.78 is 6.16. The Kier molecular flexibility index (Phi) is 3.97. The molecule has 0 atom stereocenters. The minimum Gasteiger partial charge on any atom is -0.361 e. The lowest BCUT2D eigenvalue weighted by Gasteiger charge is -2.14. The van der Waals surface area contributed by atoms with Crippen LogP contribution in [0.4, 0.5) is 0 Å². The number of nitrogens with zero attached hydrogens (tertiary/aromatic N) is 2. The van der Waals surface area contributed by atoms with Crippen molar-refractivity contribution in [2.24, 2.45) is 0 Å². The van der Waals surface area contributed by atoms with E-state index in [2.05, 4.69) is 57.3 Å². The van der Waals surface area contributed by atoms with Crippen LogP contribution in [-0.2, 0) is 13.1 Å². The second-order valence-corrected chi connectivity index (χ2v) is 5.14. The van der Waals surface area contributed by atoms with E-state index in [0.717, 1.165) is 29.0 Å². The van der Waals surface area contributed by atoms with Gasteiger partial charge in [-0.15, -0.1) is 0 Å². The molecule has 0 N–H and O–H groups in total. The predicted octanol–water partition coefficient (Wildman–Crippen LogP) is 3.38. The molecule has 0 bridgehead atoms. The first-order valence-corrected chi connectivity index (χ1v) is 6.28. The molecule has 2 aromatic rings. The Morgan fingerprint density at radius 2 is 1.94 bits per heavy atom. The van der Waals surface area contributed by atoms with Crippen molar-refractivity contribution in [3.05, 3.63) is 51.8 Å². The van der Waals surface area contributed by atoms with E-state index in [0.29, 0.717) is 0 Å². The minimum absolute atomic E-state index is 0.799. The van der Waals surface area contributed by atoms with Gasteiger partial charge in [0.1, 0.15) is 5.76 Å². The summed E-state index contributed by atoms with van der Waals surface area (Å²) in [5.74, 6) is 0.858. The molecule has 1 aromatic heterocycles. The van der Waals surface area contributed by atoms with Crippen LogP contribution in [0.5, 0.6) is 0 Å². The summed E-state index contributed by atoms with van der Waals surface area (Å²) in [6, 6.07) is 10.3. The number of rotatable bonds is 4. The molecule has 3 nitrogen and oxygen atoms in total. The molecule has 1 heterocycles. The molecular formula is C13H15BrN2O. The van der Waals surface area contributed by atoms with Crippen molar-refractivity contribution in [2.45, 2.75) is 20.0 Å². The van der Waals surface area contributed by atoms with E-state index in [9.17, 15) is 0 Å². The number of benzene rings is 1. The topological polar surface area (TPSA) is 29.3 Å². The summed E-state index contributed by atoms with van der Waals surface area (Å²) in [4.78, 5) is 2.21. The fourth-order valence-corrected chi connectivity index (χ4v) is 1.99. The van der Waals surface area contributed by atoms with E-state index in [1.807, 2.05) is 13.0 Å². The standard InChI is InChI=1S/C13H15BrN2O/c1-10-7-13(15-17-10)9-16(2)8-11-3-5-12(14)6-4-11/h3-7H,8-9H2,1-2H3. The van der Waals surface area contributed by atoms with Crippen molar-refractivity contribution in [1.29, 1.82) is 0 Å². The lowest BCUT2D eigenvalue weighted by molar-refractivity contribution is 0.302. The summed E-state index contributed by atoms with van der Waals surface area (Å²) in [6.45, 7) is 3.61. The molecular weight excluding hydrogens is 280 g/mol. The van der Waals surface area contributed by atoms with Gasteiger partial charge < -0.3 is 4.52 Å². The molecule has 0 spiro atoms. The number of aromatic nitrogens is 1. The fourth-order valence-electron chi connectivity index (χ4n) is 1.73. The van der Waals surface area contributed by atoms with Crippen LogP contribution in [0, 0.1) is 6.92 Å². The molecule has 0 amide bonds. The van der Waals surface area contributed by atoms with Gasteiger partial charge in [0.25, 0.3) is 0 Å². The SMILES string of the molecule is Cc1cc(CN(C)Cc2ccc(Br)cc2)no1. The fraction of sp³-hybridized carbons (Fsp3) is 0.308. The maximum absolute atomic E-state index is 5.05. The predicted molar refractivity (Wildman–Crippen MR) is 70.6 cm³/mol.